The maximum absolute atomic E-state index is 13.1. The third-order valence-corrected chi connectivity index (χ3v) is 2.13. The van der Waals surface area contributed by atoms with E-state index < -0.39 is 5.82 Å². The van der Waals surface area contributed by atoms with Crippen LogP contribution in [0, 0.1) is 11.7 Å². The lowest BCUT2D eigenvalue weighted by atomic mass is 10.5. The Hall–Kier alpha value is -0.900. The zero-order valence-corrected chi connectivity index (χ0v) is 7.59. The highest BCUT2D eigenvalue weighted by molar-refractivity contribution is 6.29. The summed E-state index contributed by atoms with van der Waals surface area (Å²) in [5, 5.41) is -0.194. The molecule has 0 amide bonds. The monoisotopic (exact) mass is 202 g/mol. The Balaban J connectivity index is 2.05. The van der Waals surface area contributed by atoms with E-state index in [9.17, 15) is 4.39 Å². The van der Waals surface area contributed by atoms with Crippen molar-refractivity contribution in [2.24, 2.45) is 5.92 Å². The number of aromatic nitrogens is 2. The van der Waals surface area contributed by atoms with Gasteiger partial charge in [0.1, 0.15) is 6.33 Å². The third-order valence-electron chi connectivity index (χ3n) is 1.87. The number of hydrogen-bond acceptors (Lipinski definition) is 3. The molecule has 1 aromatic rings. The molecule has 13 heavy (non-hydrogen) atoms. The van der Waals surface area contributed by atoms with Crippen LogP contribution in [0.3, 0.4) is 0 Å². The van der Waals surface area contributed by atoms with Gasteiger partial charge in [0.15, 0.2) is 5.15 Å². The van der Waals surface area contributed by atoms with Gasteiger partial charge in [0.05, 0.1) is 6.61 Å². The minimum Gasteiger partial charge on any atom is -0.475 e. The molecule has 1 aromatic heterocycles. The lowest BCUT2D eigenvalue weighted by molar-refractivity contribution is 0.272. The largest absolute Gasteiger partial charge is 0.475 e. The molecule has 3 nitrogen and oxygen atoms in total. The third kappa shape index (κ3) is 2.06. The second-order valence-electron chi connectivity index (χ2n) is 3.04. The minimum absolute atomic E-state index is 0.0492. The van der Waals surface area contributed by atoms with E-state index in [0.29, 0.717) is 12.5 Å². The van der Waals surface area contributed by atoms with Crippen molar-refractivity contribution < 1.29 is 9.13 Å². The molecule has 0 N–H and O–H groups in total. The molecule has 5 heteroatoms. The van der Waals surface area contributed by atoms with Gasteiger partial charge in [-0.3, -0.25) is 0 Å². The van der Waals surface area contributed by atoms with E-state index in [1.54, 1.807) is 0 Å². The summed E-state index contributed by atoms with van der Waals surface area (Å²) >= 11 is 5.44. The highest BCUT2D eigenvalue weighted by Crippen LogP contribution is 2.30. The molecule has 0 atom stereocenters. The first-order valence-electron chi connectivity index (χ1n) is 4.06. The SMILES string of the molecule is Fc1c(Cl)ncnc1OCC1CC1. The van der Waals surface area contributed by atoms with Crippen molar-refractivity contribution in [3.63, 3.8) is 0 Å². The first-order chi connectivity index (χ1) is 6.27. The number of halogens is 2. The van der Waals surface area contributed by atoms with Crippen molar-refractivity contribution in [3.8, 4) is 5.88 Å². The molecular formula is C8H8ClFN2O. The van der Waals surface area contributed by atoms with Gasteiger partial charge >= 0.3 is 0 Å². The number of ether oxygens (including phenoxy) is 1. The topological polar surface area (TPSA) is 35.0 Å². The van der Waals surface area contributed by atoms with Crippen LogP contribution in [-0.2, 0) is 0 Å². The highest BCUT2D eigenvalue weighted by Gasteiger charge is 2.23. The van der Waals surface area contributed by atoms with Crippen LogP contribution in [0.25, 0.3) is 0 Å². The van der Waals surface area contributed by atoms with Crippen LogP contribution >= 0.6 is 11.6 Å². The Kier molecular flexibility index (Phi) is 2.31. The van der Waals surface area contributed by atoms with Crippen LogP contribution in [0.15, 0.2) is 6.33 Å². The smallest absolute Gasteiger partial charge is 0.255 e. The summed E-state index contributed by atoms with van der Waals surface area (Å²) in [5.41, 5.74) is 0. The summed E-state index contributed by atoms with van der Waals surface area (Å²) < 4.78 is 18.2. The van der Waals surface area contributed by atoms with Crippen LogP contribution in [0.4, 0.5) is 4.39 Å². The van der Waals surface area contributed by atoms with Crippen LogP contribution in [0.5, 0.6) is 5.88 Å². The molecule has 0 unspecified atom stereocenters. The average Bonchev–Trinajstić information content (AvgIpc) is 2.91. The van der Waals surface area contributed by atoms with Crippen LogP contribution < -0.4 is 4.74 Å². The number of rotatable bonds is 3. The highest BCUT2D eigenvalue weighted by atomic mass is 35.5. The van der Waals surface area contributed by atoms with Crippen molar-refractivity contribution in [2.75, 3.05) is 6.61 Å². The van der Waals surface area contributed by atoms with Gasteiger partial charge in [-0.15, -0.1) is 0 Å². The molecule has 1 heterocycles. The molecule has 1 aliphatic rings. The maximum atomic E-state index is 13.1. The molecule has 1 aliphatic carbocycles. The van der Waals surface area contributed by atoms with Gasteiger partial charge < -0.3 is 4.74 Å². The van der Waals surface area contributed by atoms with Crippen LogP contribution in [0.2, 0.25) is 5.15 Å². The molecule has 0 saturated heterocycles. The normalized spacial score (nSPS) is 15.8. The van der Waals surface area contributed by atoms with Gasteiger partial charge in [-0.25, -0.2) is 4.98 Å². The summed E-state index contributed by atoms with van der Waals surface area (Å²) in [5.74, 6) is -0.162. The lowest BCUT2D eigenvalue weighted by Crippen LogP contribution is -2.03. The summed E-state index contributed by atoms with van der Waals surface area (Å²) in [6.45, 7) is 0.518. The molecule has 0 bridgehead atoms. The number of hydrogen-bond donors (Lipinski definition) is 0. The zero-order valence-electron chi connectivity index (χ0n) is 6.83. The van der Waals surface area contributed by atoms with Crippen molar-refractivity contribution in [3.05, 3.63) is 17.3 Å². The van der Waals surface area contributed by atoms with Gasteiger partial charge in [0.2, 0.25) is 5.82 Å². The summed E-state index contributed by atoms with van der Waals surface area (Å²) in [4.78, 5) is 7.13. The summed E-state index contributed by atoms with van der Waals surface area (Å²) in [6, 6.07) is 0. The molecule has 0 aromatic carbocycles. The molecule has 70 valence electrons. The molecule has 0 radical (unpaired) electrons. The van der Waals surface area contributed by atoms with Gasteiger partial charge in [-0.1, -0.05) is 11.6 Å². The van der Waals surface area contributed by atoms with Crippen LogP contribution in [-0.4, -0.2) is 16.6 Å². The van der Waals surface area contributed by atoms with Gasteiger partial charge in [-0.2, -0.15) is 9.37 Å². The Bertz CT molecular complexity index is 317. The van der Waals surface area contributed by atoms with E-state index in [2.05, 4.69) is 9.97 Å². The predicted octanol–water partition coefficient (Wildman–Crippen LogP) is 2.06. The number of nitrogens with zero attached hydrogens (tertiary/aromatic N) is 2. The fourth-order valence-electron chi connectivity index (χ4n) is 0.916. The van der Waals surface area contributed by atoms with Crippen molar-refractivity contribution in [1.82, 2.24) is 9.97 Å². The molecular weight excluding hydrogens is 195 g/mol. The van der Waals surface area contributed by atoms with Crippen LogP contribution in [0.1, 0.15) is 12.8 Å². The quantitative estimate of drug-likeness (QED) is 0.704. The second kappa shape index (κ2) is 3.46. The van der Waals surface area contributed by atoms with E-state index >= 15 is 0 Å². The van der Waals surface area contributed by atoms with E-state index in [4.69, 9.17) is 16.3 Å². The molecule has 1 saturated carbocycles. The fourth-order valence-corrected chi connectivity index (χ4v) is 1.04. The van der Waals surface area contributed by atoms with Gasteiger partial charge in [0, 0.05) is 0 Å². The lowest BCUT2D eigenvalue weighted by Gasteiger charge is -2.04. The Morgan fingerprint density at radius 1 is 1.54 bits per heavy atom. The Morgan fingerprint density at radius 2 is 2.31 bits per heavy atom. The Morgan fingerprint density at radius 3 is 3.00 bits per heavy atom. The minimum atomic E-state index is -0.676. The summed E-state index contributed by atoms with van der Waals surface area (Å²) in [7, 11) is 0. The predicted molar refractivity (Wildman–Crippen MR) is 45.2 cm³/mol. The van der Waals surface area contributed by atoms with E-state index in [1.165, 1.54) is 6.33 Å². The maximum Gasteiger partial charge on any atom is 0.255 e. The molecule has 1 fully saturated rings. The van der Waals surface area contributed by atoms with E-state index in [1.807, 2.05) is 0 Å². The fraction of sp³-hybridized carbons (Fsp3) is 0.500. The average molecular weight is 203 g/mol. The van der Waals surface area contributed by atoms with Crippen molar-refractivity contribution in [1.29, 1.82) is 0 Å². The Labute approximate surface area is 79.9 Å². The van der Waals surface area contributed by atoms with Crippen molar-refractivity contribution in [2.45, 2.75) is 12.8 Å². The standard InChI is InChI=1S/C8H8ClFN2O/c9-7-6(10)8(12-4-11-7)13-3-5-1-2-5/h4-5H,1-3H2. The molecule has 2 rings (SSSR count). The molecule has 0 spiro atoms. The summed E-state index contributed by atoms with van der Waals surface area (Å²) in [6.07, 6.45) is 3.49. The first-order valence-corrected chi connectivity index (χ1v) is 4.44. The van der Waals surface area contributed by atoms with Gasteiger partial charge in [-0.05, 0) is 18.8 Å². The molecule has 0 aliphatic heterocycles. The second-order valence-corrected chi connectivity index (χ2v) is 3.40. The van der Waals surface area contributed by atoms with E-state index in [-0.39, 0.29) is 11.0 Å². The van der Waals surface area contributed by atoms with Crippen molar-refractivity contribution >= 4 is 11.6 Å². The first kappa shape index (κ1) is 8.69. The van der Waals surface area contributed by atoms with Gasteiger partial charge in [0.25, 0.3) is 5.88 Å². The van der Waals surface area contributed by atoms with E-state index in [0.717, 1.165) is 12.8 Å². The zero-order chi connectivity index (χ0) is 9.26.